The van der Waals surface area contributed by atoms with Crippen molar-refractivity contribution in [1.82, 2.24) is 16.0 Å². The highest BCUT2D eigenvalue weighted by molar-refractivity contribution is 6.87. The molecule has 1 saturated heterocycles. The molecule has 0 spiro atoms. The van der Waals surface area contributed by atoms with Crippen LogP contribution in [-0.2, 0) is 25.6 Å². The van der Waals surface area contributed by atoms with Gasteiger partial charge in [0.25, 0.3) is 0 Å². The van der Waals surface area contributed by atoms with Crippen molar-refractivity contribution in [3.8, 4) is 11.5 Å². The molecule has 2 rings (SSSR count). The lowest BCUT2D eigenvalue weighted by Gasteiger charge is -2.31. The molecule has 0 saturated carbocycles. The van der Waals surface area contributed by atoms with E-state index in [4.69, 9.17) is 0 Å². The van der Waals surface area contributed by atoms with Crippen molar-refractivity contribution in [1.29, 1.82) is 0 Å². The molecule has 4 N–H and O–H groups in total. The molecule has 3 atom stereocenters. The number of carbonyl (C=O) groups excluding carboxylic acids is 3. The van der Waals surface area contributed by atoms with Crippen LogP contribution in [0.15, 0.2) is 30.3 Å². The van der Waals surface area contributed by atoms with E-state index in [1.165, 1.54) is 0 Å². The van der Waals surface area contributed by atoms with Crippen molar-refractivity contribution >= 4 is 31.8 Å². The van der Waals surface area contributed by atoms with Crippen LogP contribution in [0.4, 0.5) is 0 Å². The Balaban J connectivity index is 1.93. The SMILES string of the molecule is CC(C)(C)[Si](C)(C)C#CC[C@H](NC(=O)C[C@@H]1NC(=O)[C@H](Cc2ccccc2)NC1=O)C(=O)O. The van der Waals surface area contributed by atoms with E-state index in [0.717, 1.165) is 5.56 Å². The Hall–Kier alpha value is -3.12. The number of carbonyl (C=O) groups is 4. The predicted molar refractivity (Wildman–Crippen MR) is 128 cm³/mol. The maximum Gasteiger partial charge on any atom is 0.327 e. The molecule has 0 bridgehead atoms. The Morgan fingerprint density at radius 2 is 1.67 bits per heavy atom. The summed E-state index contributed by atoms with van der Waals surface area (Å²) in [5, 5.41) is 17.1. The smallest absolute Gasteiger partial charge is 0.327 e. The average Bonchev–Trinajstić information content (AvgIpc) is 2.70. The van der Waals surface area contributed by atoms with Gasteiger partial charge in [0, 0.05) is 12.8 Å². The Morgan fingerprint density at radius 3 is 2.24 bits per heavy atom. The molecule has 33 heavy (non-hydrogen) atoms. The summed E-state index contributed by atoms with van der Waals surface area (Å²) in [4.78, 5) is 48.9. The van der Waals surface area contributed by atoms with Crippen LogP contribution in [-0.4, -0.2) is 55.0 Å². The van der Waals surface area contributed by atoms with Crippen molar-refractivity contribution in [3.63, 3.8) is 0 Å². The second-order valence-corrected chi connectivity index (χ2v) is 14.9. The van der Waals surface area contributed by atoms with Crippen molar-refractivity contribution < 1.29 is 24.3 Å². The lowest BCUT2D eigenvalue weighted by atomic mass is 10.0. The fourth-order valence-corrected chi connectivity index (χ4v) is 3.93. The summed E-state index contributed by atoms with van der Waals surface area (Å²) in [6, 6.07) is 6.30. The van der Waals surface area contributed by atoms with Crippen molar-refractivity contribution in [3.05, 3.63) is 35.9 Å². The van der Waals surface area contributed by atoms with Gasteiger partial charge in [0.2, 0.25) is 17.7 Å². The van der Waals surface area contributed by atoms with E-state index in [2.05, 4.69) is 61.3 Å². The summed E-state index contributed by atoms with van der Waals surface area (Å²) in [5.74, 6) is 0.234. The van der Waals surface area contributed by atoms with Gasteiger partial charge in [0.15, 0.2) is 0 Å². The number of hydrogen-bond acceptors (Lipinski definition) is 4. The molecule has 1 aromatic rings. The van der Waals surface area contributed by atoms with Crippen LogP contribution in [0.2, 0.25) is 18.1 Å². The van der Waals surface area contributed by atoms with Gasteiger partial charge in [-0.15, -0.1) is 11.5 Å². The number of piperazine rings is 1. The summed E-state index contributed by atoms with van der Waals surface area (Å²) < 4.78 is 0. The Morgan fingerprint density at radius 1 is 1.09 bits per heavy atom. The Labute approximate surface area is 195 Å². The largest absolute Gasteiger partial charge is 0.480 e. The molecule has 178 valence electrons. The zero-order chi connectivity index (χ0) is 24.8. The molecule has 1 aliphatic rings. The first-order valence-corrected chi connectivity index (χ1v) is 14.0. The minimum absolute atomic E-state index is 0.0318. The van der Waals surface area contributed by atoms with E-state index in [0.29, 0.717) is 6.42 Å². The molecule has 1 fully saturated rings. The van der Waals surface area contributed by atoms with E-state index in [1.54, 1.807) is 0 Å². The van der Waals surface area contributed by atoms with Crippen LogP contribution in [0.3, 0.4) is 0 Å². The molecule has 1 aromatic carbocycles. The number of hydrogen-bond donors (Lipinski definition) is 4. The summed E-state index contributed by atoms with van der Waals surface area (Å²) in [5.41, 5.74) is 4.13. The van der Waals surface area contributed by atoms with Gasteiger partial charge in [-0.25, -0.2) is 4.79 Å². The molecule has 9 heteroatoms. The molecule has 0 radical (unpaired) electrons. The number of aliphatic carboxylic acids is 1. The first kappa shape index (κ1) is 26.1. The van der Waals surface area contributed by atoms with Gasteiger partial charge in [-0.3, -0.25) is 14.4 Å². The Kier molecular flexibility index (Phi) is 8.44. The van der Waals surface area contributed by atoms with Crippen LogP contribution < -0.4 is 16.0 Å². The van der Waals surface area contributed by atoms with Crippen molar-refractivity contribution in [2.24, 2.45) is 0 Å². The van der Waals surface area contributed by atoms with E-state index < -0.39 is 44.0 Å². The minimum atomic E-state index is -1.90. The number of carboxylic acid groups (broad SMARTS) is 1. The number of carboxylic acids is 1. The average molecular weight is 472 g/mol. The van der Waals surface area contributed by atoms with Crippen LogP contribution in [0, 0.1) is 11.5 Å². The maximum absolute atomic E-state index is 12.4. The zero-order valence-corrected chi connectivity index (χ0v) is 20.8. The lowest BCUT2D eigenvalue weighted by molar-refractivity contribution is -0.142. The third-order valence-electron chi connectivity index (χ3n) is 6.15. The second-order valence-electron chi connectivity index (χ2n) is 9.86. The fraction of sp³-hybridized carbons (Fsp3) is 0.500. The van der Waals surface area contributed by atoms with Gasteiger partial charge >= 0.3 is 5.97 Å². The molecule has 0 aliphatic carbocycles. The van der Waals surface area contributed by atoms with Gasteiger partial charge in [0.1, 0.15) is 26.2 Å². The molecule has 1 aliphatic heterocycles. The molecular formula is C24H33N3O5Si. The van der Waals surface area contributed by atoms with Crippen LogP contribution >= 0.6 is 0 Å². The van der Waals surface area contributed by atoms with Crippen LogP contribution in [0.25, 0.3) is 0 Å². The quantitative estimate of drug-likeness (QED) is 0.355. The van der Waals surface area contributed by atoms with Gasteiger partial charge < -0.3 is 21.1 Å². The maximum atomic E-state index is 12.4. The highest BCUT2D eigenvalue weighted by Gasteiger charge is 2.36. The second kappa shape index (κ2) is 10.7. The molecule has 3 amide bonds. The van der Waals surface area contributed by atoms with Gasteiger partial charge in [-0.05, 0) is 10.6 Å². The molecule has 8 nitrogen and oxygen atoms in total. The molecule has 0 unspecified atom stereocenters. The molecule has 0 aromatic heterocycles. The highest BCUT2D eigenvalue weighted by Crippen LogP contribution is 2.35. The first-order chi connectivity index (χ1) is 15.3. The van der Waals surface area contributed by atoms with Gasteiger partial charge in [0.05, 0.1) is 6.42 Å². The molecule has 1 heterocycles. The zero-order valence-electron chi connectivity index (χ0n) is 19.8. The third kappa shape index (κ3) is 7.46. The van der Waals surface area contributed by atoms with Crippen LogP contribution in [0.5, 0.6) is 0 Å². The van der Waals surface area contributed by atoms with Gasteiger partial charge in [-0.1, -0.05) is 64.2 Å². The number of benzene rings is 1. The summed E-state index contributed by atoms with van der Waals surface area (Å²) in [6.45, 7) is 10.6. The standard InChI is InChI=1S/C24H33N3O5Si/c1-24(2,3)33(4,5)13-9-12-17(23(31)32)25-20(28)15-19-22(30)26-18(21(29)27-19)14-16-10-7-6-8-11-16/h6-8,10-11,17-19H,12,14-15H2,1-5H3,(H,25,28)(H,26,30)(H,27,29)(H,31,32)/t17-,18-,19-/m0/s1. The first-order valence-electron chi connectivity index (χ1n) is 11.0. The number of rotatable bonds is 7. The minimum Gasteiger partial charge on any atom is -0.480 e. The molecular weight excluding hydrogens is 438 g/mol. The number of nitrogens with one attached hydrogen (secondary N) is 3. The van der Waals surface area contributed by atoms with E-state index in [9.17, 15) is 24.3 Å². The van der Waals surface area contributed by atoms with Crippen molar-refractivity contribution in [2.75, 3.05) is 0 Å². The van der Waals surface area contributed by atoms with Crippen molar-refractivity contribution in [2.45, 2.75) is 76.3 Å². The van der Waals surface area contributed by atoms with Crippen LogP contribution in [0.1, 0.15) is 39.2 Å². The monoisotopic (exact) mass is 471 g/mol. The normalized spacial score (nSPS) is 19.4. The fourth-order valence-electron chi connectivity index (χ4n) is 3.01. The van der Waals surface area contributed by atoms with E-state index in [1.807, 2.05) is 30.3 Å². The summed E-state index contributed by atoms with van der Waals surface area (Å²) in [6.07, 6.45) is -0.0453. The predicted octanol–water partition coefficient (Wildman–Crippen LogP) is 1.61. The van der Waals surface area contributed by atoms with E-state index >= 15 is 0 Å². The summed E-state index contributed by atoms with van der Waals surface area (Å²) >= 11 is 0. The topological polar surface area (TPSA) is 125 Å². The van der Waals surface area contributed by atoms with E-state index in [-0.39, 0.29) is 23.8 Å². The third-order valence-corrected chi connectivity index (χ3v) is 10.7. The summed E-state index contributed by atoms with van der Waals surface area (Å²) in [7, 11) is -1.90. The number of amides is 3. The van der Waals surface area contributed by atoms with Gasteiger partial charge in [-0.2, -0.15) is 0 Å². The lowest BCUT2D eigenvalue weighted by Crippen LogP contribution is -2.63. The Bertz CT molecular complexity index is 960. The highest BCUT2D eigenvalue weighted by atomic mass is 28.3.